The molecule has 12 nitrogen and oxygen atoms in total. The molecule has 1 saturated heterocycles. The van der Waals surface area contributed by atoms with Crippen LogP contribution >= 0.6 is 0 Å². The van der Waals surface area contributed by atoms with Crippen molar-refractivity contribution in [1.29, 1.82) is 0 Å². The van der Waals surface area contributed by atoms with E-state index in [1.165, 1.54) is 15.8 Å². The first-order valence-electron chi connectivity index (χ1n) is 17.1. The van der Waals surface area contributed by atoms with Gasteiger partial charge < -0.3 is 29.2 Å². The van der Waals surface area contributed by atoms with Crippen molar-refractivity contribution in [3.05, 3.63) is 81.8 Å². The summed E-state index contributed by atoms with van der Waals surface area (Å²) in [4.78, 5) is 42.8. The lowest BCUT2D eigenvalue weighted by Crippen LogP contribution is -2.52. The quantitative estimate of drug-likeness (QED) is 0.275. The van der Waals surface area contributed by atoms with E-state index in [9.17, 15) is 14.7 Å². The number of anilines is 4. The first kappa shape index (κ1) is 33.0. The number of rotatable bonds is 9. The smallest absolute Gasteiger partial charge is 0.276 e. The van der Waals surface area contributed by atoms with Crippen LogP contribution in [0.4, 0.5) is 23.0 Å². The summed E-state index contributed by atoms with van der Waals surface area (Å²) in [5, 5.41) is 13.9. The number of carbonyl (C=O) groups excluding carboxylic acids is 1. The number of piperazine rings is 1. The fourth-order valence-corrected chi connectivity index (χ4v) is 7.81. The second-order valence-corrected chi connectivity index (χ2v) is 14.4. The molecule has 0 saturated carbocycles. The first-order chi connectivity index (χ1) is 23.6. The van der Waals surface area contributed by atoms with E-state index < -0.39 is 0 Å². The fraction of sp³-hybridized carbons (Fsp3) is 0.459. The Morgan fingerprint density at radius 3 is 2.63 bits per heavy atom. The largest absolute Gasteiger partial charge is 0.392 e. The van der Waals surface area contributed by atoms with Crippen LogP contribution in [0.5, 0.6) is 0 Å². The number of hydrogen-bond donors (Lipinski definition) is 2. The van der Waals surface area contributed by atoms with Gasteiger partial charge in [0.05, 0.1) is 25.1 Å². The number of aryl methyl sites for hydroxylation is 1. The Morgan fingerprint density at radius 1 is 1.06 bits per heavy atom. The number of nitrogens with zero attached hydrogens (tertiary/aromatic N) is 7. The SMILES string of the molecule is COCCN1CCN(c2ccc(Nc3cc(-c4ccnc(N5CCn6c(cc7c6CC(C)(C)C7)C5=O)c4CO)cn(C)c3=O)nc2)[C@@H](C)C1. The van der Waals surface area contributed by atoms with Crippen molar-refractivity contribution >= 4 is 28.9 Å². The van der Waals surface area contributed by atoms with Gasteiger partial charge in [-0.3, -0.25) is 19.4 Å². The molecule has 6 heterocycles. The van der Waals surface area contributed by atoms with Gasteiger partial charge in [-0.2, -0.15) is 0 Å². The third kappa shape index (κ3) is 6.24. The number of hydrogen-bond acceptors (Lipinski definition) is 9. The van der Waals surface area contributed by atoms with Gasteiger partial charge in [-0.25, -0.2) is 9.97 Å². The number of nitrogens with one attached hydrogen (secondary N) is 1. The molecule has 2 aliphatic heterocycles. The molecule has 0 bridgehead atoms. The molecule has 1 amide bonds. The predicted octanol–water partition coefficient (Wildman–Crippen LogP) is 3.82. The third-order valence-electron chi connectivity index (χ3n) is 10.2. The van der Waals surface area contributed by atoms with E-state index in [4.69, 9.17) is 4.74 Å². The molecule has 1 atom stereocenters. The van der Waals surface area contributed by atoms with Gasteiger partial charge in [0.1, 0.15) is 23.0 Å². The second-order valence-electron chi connectivity index (χ2n) is 14.4. The molecule has 4 aromatic heterocycles. The van der Waals surface area contributed by atoms with Crippen LogP contribution < -0.4 is 20.7 Å². The molecular weight excluding hydrogens is 620 g/mol. The zero-order valence-corrected chi connectivity index (χ0v) is 29.1. The molecule has 49 heavy (non-hydrogen) atoms. The molecule has 12 heteroatoms. The van der Waals surface area contributed by atoms with Gasteiger partial charge in [0.2, 0.25) is 0 Å². The van der Waals surface area contributed by atoms with E-state index in [0.29, 0.717) is 58.8 Å². The van der Waals surface area contributed by atoms with Gasteiger partial charge in [0.25, 0.3) is 11.5 Å². The Kier molecular flexibility index (Phi) is 8.80. The van der Waals surface area contributed by atoms with Gasteiger partial charge in [0.15, 0.2) is 0 Å². The Labute approximate surface area is 287 Å². The minimum atomic E-state index is -0.318. The molecule has 0 aromatic carbocycles. The second kappa shape index (κ2) is 13.1. The number of aliphatic hydroxyl groups is 1. The van der Waals surface area contributed by atoms with Crippen molar-refractivity contribution in [2.75, 3.05) is 61.6 Å². The number of ether oxygens (including phenoxy) is 1. The maximum Gasteiger partial charge on any atom is 0.276 e. The highest BCUT2D eigenvalue weighted by Gasteiger charge is 2.37. The number of aliphatic hydroxyl groups excluding tert-OH is 1. The first-order valence-corrected chi connectivity index (χ1v) is 17.1. The summed E-state index contributed by atoms with van der Waals surface area (Å²) in [7, 11) is 3.43. The number of pyridine rings is 3. The average molecular weight is 667 g/mol. The summed E-state index contributed by atoms with van der Waals surface area (Å²) in [6.45, 7) is 12.0. The highest BCUT2D eigenvalue weighted by atomic mass is 16.5. The van der Waals surface area contributed by atoms with E-state index in [-0.39, 0.29) is 23.5 Å². The molecule has 0 unspecified atom stereocenters. The highest BCUT2D eigenvalue weighted by molar-refractivity contribution is 6.06. The van der Waals surface area contributed by atoms with E-state index in [0.717, 1.165) is 51.3 Å². The molecule has 3 aliphatic rings. The Morgan fingerprint density at radius 2 is 1.90 bits per heavy atom. The summed E-state index contributed by atoms with van der Waals surface area (Å²) in [6.07, 6.45) is 7.16. The van der Waals surface area contributed by atoms with Crippen LogP contribution in [0.3, 0.4) is 0 Å². The number of amides is 1. The Hall–Kier alpha value is -4.52. The van der Waals surface area contributed by atoms with Gasteiger partial charge in [0, 0.05) is 88.7 Å². The van der Waals surface area contributed by atoms with Gasteiger partial charge in [-0.15, -0.1) is 0 Å². The van der Waals surface area contributed by atoms with Gasteiger partial charge in [-0.05, 0) is 66.6 Å². The molecule has 0 radical (unpaired) electrons. The maximum absolute atomic E-state index is 13.9. The molecule has 0 spiro atoms. The van der Waals surface area contributed by atoms with Crippen LogP contribution in [0.2, 0.25) is 0 Å². The summed E-state index contributed by atoms with van der Waals surface area (Å²) < 4.78 is 8.93. The van der Waals surface area contributed by atoms with E-state index >= 15 is 0 Å². The number of aromatic nitrogens is 4. The molecule has 258 valence electrons. The lowest BCUT2D eigenvalue weighted by atomic mass is 9.90. The zero-order chi connectivity index (χ0) is 34.4. The molecule has 1 fully saturated rings. The third-order valence-corrected chi connectivity index (χ3v) is 10.2. The minimum absolute atomic E-state index is 0.113. The van der Waals surface area contributed by atoms with E-state index in [1.807, 2.05) is 30.5 Å². The lowest BCUT2D eigenvalue weighted by molar-refractivity contribution is 0.0962. The maximum atomic E-state index is 13.9. The zero-order valence-electron chi connectivity index (χ0n) is 29.1. The summed E-state index contributed by atoms with van der Waals surface area (Å²) in [6, 6.07) is 9.88. The van der Waals surface area contributed by atoms with Crippen molar-refractivity contribution in [2.45, 2.75) is 52.8 Å². The number of methoxy groups -OCH3 is 1. The summed E-state index contributed by atoms with van der Waals surface area (Å²) in [5.41, 5.74) is 6.52. The number of carbonyl (C=O) groups is 1. The predicted molar refractivity (Wildman–Crippen MR) is 191 cm³/mol. The van der Waals surface area contributed by atoms with Crippen LogP contribution in [0, 0.1) is 5.41 Å². The van der Waals surface area contributed by atoms with Gasteiger partial charge >= 0.3 is 0 Å². The normalized spacial score (nSPS) is 18.9. The Bertz CT molecular complexity index is 1930. The van der Waals surface area contributed by atoms with Crippen molar-refractivity contribution in [3.8, 4) is 11.1 Å². The molecule has 4 aromatic rings. The minimum Gasteiger partial charge on any atom is -0.392 e. The summed E-state index contributed by atoms with van der Waals surface area (Å²) >= 11 is 0. The summed E-state index contributed by atoms with van der Waals surface area (Å²) in [5.74, 6) is 0.879. The van der Waals surface area contributed by atoms with Crippen molar-refractivity contribution in [3.63, 3.8) is 0 Å². The molecule has 1 aliphatic carbocycles. The van der Waals surface area contributed by atoms with Crippen LogP contribution in [0.15, 0.2) is 53.7 Å². The van der Waals surface area contributed by atoms with Crippen LogP contribution in [0.1, 0.15) is 48.1 Å². The monoisotopic (exact) mass is 666 g/mol. The van der Waals surface area contributed by atoms with E-state index in [2.05, 4.69) is 50.4 Å². The van der Waals surface area contributed by atoms with Crippen molar-refractivity contribution in [2.24, 2.45) is 12.5 Å². The van der Waals surface area contributed by atoms with Crippen LogP contribution in [-0.4, -0.2) is 87.5 Å². The van der Waals surface area contributed by atoms with Crippen molar-refractivity contribution < 1.29 is 14.6 Å². The Balaban J connectivity index is 1.12. The lowest BCUT2D eigenvalue weighted by Gasteiger charge is -2.41. The van der Waals surface area contributed by atoms with E-state index in [1.54, 1.807) is 37.5 Å². The molecule has 7 rings (SSSR count). The topological polar surface area (TPSA) is 121 Å². The molecular formula is C37H46N8O4. The molecule has 2 N–H and O–H groups in total. The van der Waals surface area contributed by atoms with Crippen molar-refractivity contribution in [1.82, 2.24) is 24.0 Å². The highest BCUT2D eigenvalue weighted by Crippen LogP contribution is 2.40. The fourth-order valence-electron chi connectivity index (χ4n) is 7.81. The number of fused-ring (bicyclic) bond motifs is 3. The van der Waals surface area contributed by atoms with Gasteiger partial charge in [-0.1, -0.05) is 13.8 Å². The standard InChI is InChI=1S/C37H46N8O4/c1-24-21-42(14-15-49-5)10-11-43(24)27-6-7-33(39-20-27)40-30-16-26(22-41(4)35(30)47)28-8-9-38-34(29(28)23-46)45-13-12-44-31(36(45)48)17-25-18-37(2,3)19-32(25)44/h6-9,16-17,20,22,24,46H,10-15,18-19,21,23H2,1-5H3,(H,39,40)/t24-/m0/s1. The van der Waals surface area contributed by atoms with Crippen LogP contribution in [-0.2, 0) is 37.8 Å². The average Bonchev–Trinajstić information content (AvgIpc) is 3.58. The van der Waals surface area contributed by atoms with Crippen LogP contribution in [0.25, 0.3) is 11.1 Å².